The SMILES string of the molecule is CC(C)c1nn(C(C)(C)Cc2ccccc2)cc1Br. The van der Waals surface area contributed by atoms with Crippen molar-refractivity contribution in [3.8, 4) is 0 Å². The van der Waals surface area contributed by atoms with Crippen molar-refractivity contribution in [1.29, 1.82) is 0 Å². The Morgan fingerprint density at radius 2 is 1.84 bits per heavy atom. The number of aromatic nitrogens is 2. The fourth-order valence-corrected chi connectivity index (χ4v) is 2.98. The normalized spacial score (nSPS) is 12.1. The molecule has 19 heavy (non-hydrogen) atoms. The number of benzene rings is 1. The largest absolute Gasteiger partial charge is 0.265 e. The van der Waals surface area contributed by atoms with Gasteiger partial charge in [0.15, 0.2) is 0 Å². The lowest BCUT2D eigenvalue weighted by atomic mass is 9.95. The molecule has 0 spiro atoms. The lowest BCUT2D eigenvalue weighted by molar-refractivity contribution is 0.314. The summed E-state index contributed by atoms with van der Waals surface area (Å²) < 4.78 is 3.18. The van der Waals surface area contributed by atoms with Gasteiger partial charge >= 0.3 is 0 Å². The maximum Gasteiger partial charge on any atom is 0.0792 e. The summed E-state index contributed by atoms with van der Waals surface area (Å²) in [4.78, 5) is 0. The van der Waals surface area contributed by atoms with Gasteiger partial charge in [0.25, 0.3) is 0 Å². The molecule has 0 bridgehead atoms. The minimum absolute atomic E-state index is 0.0307. The summed E-state index contributed by atoms with van der Waals surface area (Å²) in [6.07, 6.45) is 3.07. The first-order valence-corrected chi connectivity index (χ1v) is 7.49. The third kappa shape index (κ3) is 3.27. The van der Waals surface area contributed by atoms with Crippen LogP contribution in [-0.4, -0.2) is 9.78 Å². The molecule has 2 nitrogen and oxygen atoms in total. The first-order valence-electron chi connectivity index (χ1n) is 6.69. The van der Waals surface area contributed by atoms with Gasteiger partial charge in [-0.1, -0.05) is 44.2 Å². The van der Waals surface area contributed by atoms with E-state index in [0.29, 0.717) is 5.92 Å². The van der Waals surface area contributed by atoms with Gasteiger partial charge in [0.1, 0.15) is 0 Å². The van der Waals surface area contributed by atoms with Crippen LogP contribution < -0.4 is 0 Å². The van der Waals surface area contributed by atoms with Gasteiger partial charge in [-0.05, 0) is 47.7 Å². The molecule has 2 aromatic rings. The number of nitrogens with zero attached hydrogens (tertiary/aromatic N) is 2. The van der Waals surface area contributed by atoms with E-state index in [-0.39, 0.29) is 5.54 Å². The van der Waals surface area contributed by atoms with Crippen molar-refractivity contribution < 1.29 is 0 Å². The summed E-state index contributed by atoms with van der Waals surface area (Å²) in [6.45, 7) is 8.79. The van der Waals surface area contributed by atoms with E-state index < -0.39 is 0 Å². The number of halogens is 1. The van der Waals surface area contributed by atoms with Gasteiger partial charge in [-0.3, -0.25) is 4.68 Å². The summed E-state index contributed by atoms with van der Waals surface area (Å²) in [5.41, 5.74) is 2.43. The molecule has 0 atom stereocenters. The Morgan fingerprint density at radius 3 is 2.37 bits per heavy atom. The number of hydrogen-bond acceptors (Lipinski definition) is 1. The third-order valence-electron chi connectivity index (χ3n) is 3.34. The van der Waals surface area contributed by atoms with E-state index in [4.69, 9.17) is 5.10 Å². The Labute approximate surface area is 124 Å². The predicted molar refractivity (Wildman–Crippen MR) is 83.5 cm³/mol. The van der Waals surface area contributed by atoms with E-state index in [1.54, 1.807) is 0 Å². The summed E-state index contributed by atoms with van der Waals surface area (Å²) in [5.74, 6) is 0.433. The first kappa shape index (κ1) is 14.3. The molecule has 1 aromatic carbocycles. The second-order valence-corrected chi connectivity index (χ2v) is 6.79. The highest BCUT2D eigenvalue weighted by Gasteiger charge is 2.24. The molecule has 0 aliphatic heterocycles. The topological polar surface area (TPSA) is 17.8 Å². The van der Waals surface area contributed by atoms with Gasteiger partial charge in [0.05, 0.1) is 15.7 Å². The number of rotatable bonds is 4. The van der Waals surface area contributed by atoms with Crippen LogP contribution in [0.2, 0.25) is 0 Å². The van der Waals surface area contributed by atoms with Crippen LogP contribution in [0, 0.1) is 0 Å². The highest BCUT2D eigenvalue weighted by atomic mass is 79.9. The molecule has 2 rings (SSSR count). The van der Waals surface area contributed by atoms with Crippen LogP contribution in [-0.2, 0) is 12.0 Å². The second kappa shape index (κ2) is 5.49. The third-order valence-corrected chi connectivity index (χ3v) is 3.95. The molecular weight excluding hydrogens is 300 g/mol. The molecule has 0 unspecified atom stereocenters. The molecule has 0 saturated heterocycles. The standard InChI is InChI=1S/C16H21BrN2/c1-12(2)15-14(17)11-19(18-15)16(3,4)10-13-8-6-5-7-9-13/h5-9,11-12H,10H2,1-4H3. The van der Waals surface area contributed by atoms with E-state index in [9.17, 15) is 0 Å². The van der Waals surface area contributed by atoms with E-state index >= 15 is 0 Å². The van der Waals surface area contributed by atoms with Crippen LogP contribution >= 0.6 is 15.9 Å². The maximum absolute atomic E-state index is 4.75. The second-order valence-electron chi connectivity index (χ2n) is 5.94. The van der Waals surface area contributed by atoms with Crippen molar-refractivity contribution in [2.75, 3.05) is 0 Å². The molecule has 102 valence electrons. The van der Waals surface area contributed by atoms with E-state index in [0.717, 1.165) is 16.6 Å². The van der Waals surface area contributed by atoms with Gasteiger partial charge in [0.2, 0.25) is 0 Å². The van der Waals surface area contributed by atoms with E-state index in [2.05, 4.69) is 84.8 Å². The van der Waals surface area contributed by atoms with Crippen molar-refractivity contribution in [3.63, 3.8) is 0 Å². The van der Waals surface area contributed by atoms with Crippen molar-refractivity contribution in [3.05, 3.63) is 52.3 Å². The average Bonchev–Trinajstić information content (AvgIpc) is 2.73. The zero-order valence-corrected chi connectivity index (χ0v) is 13.6. The summed E-state index contributed by atoms with van der Waals surface area (Å²) in [7, 11) is 0. The van der Waals surface area contributed by atoms with Gasteiger partial charge < -0.3 is 0 Å². The summed E-state index contributed by atoms with van der Waals surface area (Å²) in [6, 6.07) is 10.6. The lowest BCUT2D eigenvalue weighted by Crippen LogP contribution is -2.29. The van der Waals surface area contributed by atoms with Crippen LogP contribution in [0.4, 0.5) is 0 Å². The molecule has 0 N–H and O–H groups in total. The Hall–Kier alpha value is -1.09. The monoisotopic (exact) mass is 320 g/mol. The van der Waals surface area contributed by atoms with Crippen molar-refractivity contribution >= 4 is 15.9 Å². The number of hydrogen-bond donors (Lipinski definition) is 0. The van der Waals surface area contributed by atoms with Gasteiger partial charge in [0, 0.05) is 6.20 Å². The molecule has 0 aliphatic rings. The first-order chi connectivity index (χ1) is 8.90. The smallest absolute Gasteiger partial charge is 0.0792 e. The van der Waals surface area contributed by atoms with E-state index in [1.807, 2.05) is 0 Å². The fourth-order valence-electron chi connectivity index (χ4n) is 2.24. The van der Waals surface area contributed by atoms with Crippen LogP contribution in [0.25, 0.3) is 0 Å². The Morgan fingerprint density at radius 1 is 1.21 bits per heavy atom. The lowest BCUT2D eigenvalue weighted by Gasteiger charge is -2.25. The maximum atomic E-state index is 4.75. The van der Waals surface area contributed by atoms with E-state index in [1.165, 1.54) is 5.56 Å². The Balaban J connectivity index is 2.26. The molecule has 0 saturated carbocycles. The summed E-state index contributed by atoms with van der Waals surface area (Å²) in [5, 5.41) is 4.75. The van der Waals surface area contributed by atoms with Crippen molar-refractivity contribution in [2.45, 2.75) is 45.6 Å². The molecular formula is C16H21BrN2. The van der Waals surface area contributed by atoms with Gasteiger partial charge in [-0.15, -0.1) is 0 Å². The van der Waals surface area contributed by atoms with Crippen LogP contribution in [0.5, 0.6) is 0 Å². The zero-order chi connectivity index (χ0) is 14.0. The molecule has 0 radical (unpaired) electrons. The van der Waals surface area contributed by atoms with Gasteiger partial charge in [-0.25, -0.2) is 0 Å². The zero-order valence-electron chi connectivity index (χ0n) is 12.0. The van der Waals surface area contributed by atoms with Gasteiger partial charge in [-0.2, -0.15) is 5.10 Å². The molecule has 0 fully saturated rings. The Kier molecular flexibility index (Phi) is 4.14. The summed E-state index contributed by atoms with van der Waals surface area (Å²) >= 11 is 3.61. The van der Waals surface area contributed by atoms with Crippen LogP contribution in [0.3, 0.4) is 0 Å². The fraction of sp³-hybridized carbons (Fsp3) is 0.438. The minimum Gasteiger partial charge on any atom is -0.265 e. The highest BCUT2D eigenvalue weighted by Crippen LogP contribution is 2.28. The quantitative estimate of drug-likeness (QED) is 0.795. The van der Waals surface area contributed by atoms with Crippen LogP contribution in [0.1, 0.15) is 44.9 Å². The van der Waals surface area contributed by atoms with Crippen LogP contribution in [0.15, 0.2) is 41.0 Å². The molecule has 1 heterocycles. The average molecular weight is 321 g/mol. The molecule has 0 amide bonds. The van der Waals surface area contributed by atoms with Crippen molar-refractivity contribution in [1.82, 2.24) is 9.78 Å². The van der Waals surface area contributed by atoms with Crippen molar-refractivity contribution in [2.24, 2.45) is 0 Å². The highest BCUT2D eigenvalue weighted by molar-refractivity contribution is 9.10. The molecule has 1 aromatic heterocycles. The molecule has 0 aliphatic carbocycles. The minimum atomic E-state index is -0.0307. The Bertz CT molecular complexity index is 541. The predicted octanol–water partition coefficient (Wildman–Crippen LogP) is 4.75. The molecule has 3 heteroatoms.